The van der Waals surface area contributed by atoms with E-state index in [9.17, 15) is 0 Å². The Hall–Kier alpha value is -0.830. The Morgan fingerprint density at radius 3 is 2.43 bits per heavy atom. The summed E-state index contributed by atoms with van der Waals surface area (Å²) in [6.07, 6.45) is 3.64. The molecule has 0 unspecified atom stereocenters. The van der Waals surface area contributed by atoms with E-state index in [1.807, 2.05) is 19.3 Å². The lowest BCUT2D eigenvalue weighted by molar-refractivity contribution is 0.768. The van der Waals surface area contributed by atoms with E-state index in [1.54, 1.807) is 10.9 Å². The summed E-state index contributed by atoms with van der Waals surface area (Å²) in [7, 11) is 1.89. The van der Waals surface area contributed by atoms with Crippen molar-refractivity contribution in [3.63, 3.8) is 0 Å². The number of aryl methyl sites for hydroxylation is 1. The minimum Gasteiger partial charge on any atom is -0.412 e. The van der Waals surface area contributed by atoms with Crippen LogP contribution >= 0.6 is 0 Å². The fourth-order valence-corrected chi connectivity index (χ4v) is 0.345. The van der Waals surface area contributed by atoms with Crippen molar-refractivity contribution in [2.45, 2.75) is 0 Å². The minimum absolute atomic E-state index is 0. The van der Waals surface area contributed by atoms with Gasteiger partial charge in [0.25, 0.3) is 0 Å². The van der Waals surface area contributed by atoms with Gasteiger partial charge in [0.1, 0.15) is 0 Å². The number of nitrogens with zero attached hydrogens (tertiary/aromatic N) is 2. The largest absolute Gasteiger partial charge is 0.412 e. The van der Waals surface area contributed by atoms with Crippen molar-refractivity contribution in [2.75, 3.05) is 0 Å². The quantitative estimate of drug-likeness (QED) is 0.437. The third-order valence-corrected chi connectivity index (χ3v) is 0.637. The fraction of sp³-hybridized carbons (Fsp3) is 0.250. The zero-order chi connectivity index (χ0) is 4.41. The van der Waals surface area contributed by atoms with Gasteiger partial charge < -0.3 is 5.48 Å². The predicted octanol–water partition coefficient (Wildman–Crippen LogP) is -0.405. The lowest BCUT2D eigenvalue weighted by Crippen LogP contribution is -1.83. The molecule has 0 radical (unpaired) electrons. The van der Waals surface area contributed by atoms with Gasteiger partial charge in [0.05, 0.1) is 0 Å². The van der Waals surface area contributed by atoms with Gasteiger partial charge in [-0.2, -0.15) is 5.10 Å². The summed E-state index contributed by atoms with van der Waals surface area (Å²) >= 11 is 0. The van der Waals surface area contributed by atoms with Crippen LogP contribution in [0.2, 0.25) is 0 Å². The summed E-state index contributed by atoms with van der Waals surface area (Å²) in [6.45, 7) is 0. The molecule has 1 heterocycles. The number of hydrogen-bond donors (Lipinski definition) is 0. The first-order valence-corrected chi connectivity index (χ1v) is 1.83. The van der Waals surface area contributed by atoms with Gasteiger partial charge in [0, 0.05) is 19.4 Å². The molecule has 0 fully saturated rings. The third-order valence-electron chi connectivity index (χ3n) is 0.637. The number of aromatic nitrogens is 2. The van der Waals surface area contributed by atoms with Gasteiger partial charge in [0.2, 0.25) is 0 Å². The smallest absolute Gasteiger partial charge is 0.0489 e. The van der Waals surface area contributed by atoms with E-state index in [-0.39, 0.29) is 5.48 Å². The molecule has 0 aliphatic rings. The van der Waals surface area contributed by atoms with Crippen molar-refractivity contribution in [1.29, 1.82) is 0 Å². The van der Waals surface area contributed by atoms with Crippen LogP contribution in [0.15, 0.2) is 18.5 Å². The first-order chi connectivity index (χ1) is 2.89. The highest BCUT2D eigenvalue weighted by molar-refractivity contribution is 4.75. The first-order valence-electron chi connectivity index (χ1n) is 1.83. The second-order valence-corrected chi connectivity index (χ2v) is 1.18. The fourth-order valence-electron chi connectivity index (χ4n) is 0.345. The van der Waals surface area contributed by atoms with Gasteiger partial charge in [-0.05, 0) is 6.07 Å². The minimum atomic E-state index is 0. The Morgan fingerprint density at radius 2 is 2.29 bits per heavy atom. The van der Waals surface area contributed by atoms with E-state index in [0.29, 0.717) is 0 Å². The van der Waals surface area contributed by atoms with Crippen LogP contribution in [0.5, 0.6) is 0 Å². The average Bonchev–Trinajstić information content (AvgIpc) is 1.86. The summed E-state index contributed by atoms with van der Waals surface area (Å²) in [5, 5.41) is 3.83. The highest BCUT2D eigenvalue weighted by atomic mass is 16.0. The van der Waals surface area contributed by atoms with Crippen molar-refractivity contribution >= 4 is 0 Å². The maximum Gasteiger partial charge on any atom is 0.0489 e. The summed E-state index contributed by atoms with van der Waals surface area (Å²) in [6, 6.07) is 1.89. The standard InChI is InChI=1S/C4H6N2.H2O/c1-6-4-2-3-5-6;/h2-4H,1H3;1H2. The maximum absolute atomic E-state index is 3.83. The molecule has 0 aromatic carbocycles. The Labute approximate surface area is 41.9 Å². The van der Waals surface area contributed by atoms with Gasteiger partial charge in [-0.15, -0.1) is 0 Å². The van der Waals surface area contributed by atoms with E-state index in [4.69, 9.17) is 0 Å². The summed E-state index contributed by atoms with van der Waals surface area (Å²) in [5.41, 5.74) is 0. The van der Waals surface area contributed by atoms with Gasteiger partial charge in [-0.25, -0.2) is 0 Å². The second-order valence-electron chi connectivity index (χ2n) is 1.18. The molecule has 1 rings (SSSR count). The Balaban J connectivity index is 0.000000360. The van der Waals surface area contributed by atoms with Crippen molar-refractivity contribution in [3.8, 4) is 0 Å². The predicted molar refractivity (Wildman–Crippen MR) is 26.8 cm³/mol. The second kappa shape index (κ2) is 2.36. The van der Waals surface area contributed by atoms with Crippen LogP contribution in [0.4, 0.5) is 0 Å². The molecule has 1 aromatic heterocycles. The lowest BCUT2D eigenvalue weighted by atomic mass is 10.8. The van der Waals surface area contributed by atoms with Gasteiger partial charge in [0.15, 0.2) is 0 Å². The Morgan fingerprint density at radius 1 is 1.57 bits per heavy atom. The van der Waals surface area contributed by atoms with Gasteiger partial charge in [-0.1, -0.05) is 0 Å². The molecule has 0 aliphatic carbocycles. The Kier molecular flexibility index (Phi) is 2.08. The van der Waals surface area contributed by atoms with Gasteiger partial charge in [-0.3, -0.25) is 4.68 Å². The van der Waals surface area contributed by atoms with Crippen LogP contribution in [-0.4, -0.2) is 15.3 Å². The van der Waals surface area contributed by atoms with E-state index < -0.39 is 0 Å². The topological polar surface area (TPSA) is 49.3 Å². The molecule has 0 amide bonds. The highest BCUT2D eigenvalue weighted by Gasteiger charge is 1.69. The molecular formula is C4H8N2O. The average molecular weight is 100 g/mol. The molecule has 0 saturated carbocycles. The van der Waals surface area contributed by atoms with Gasteiger partial charge >= 0.3 is 0 Å². The molecule has 3 nitrogen and oxygen atoms in total. The summed E-state index contributed by atoms with van der Waals surface area (Å²) < 4.78 is 1.75. The molecule has 0 aliphatic heterocycles. The molecule has 0 bridgehead atoms. The molecule has 40 valence electrons. The van der Waals surface area contributed by atoms with Crippen LogP contribution in [0.25, 0.3) is 0 Å². The van der Waals surface area contributed by atoms with Crippen LogP contribution in [0.3, 0.4) is 0 Å². The van der Waals surface area contributed by atoms with Crippen LogP contribution in [-0.2, 0) is 7.05 Å². The molecule has 0 atom stereocenters. The molecule has 1 aromatic rings. The van der Waals surface area contributed by atoms with E-state index >= 15 is 0 Å². The summed E-state index contributed by atoms with van der Waals surface area (Å²) in [5.74, 6) is 0. The van der Waals surface area contributed by atoms with Crippen molar-refractivity contribution in [3.05, 3.63) is 18.5 Å². The van der Waals surface area contributed by atoms with E-state index in [2.05, 4.69) is 5.10 Å². The molecule has 0 saturated heterocycles. The Bertz CT molecular complexity index is 113. The first kappa shape index (κ1) is 6.17. The van der Waals surface area contributed by atoms with Crippen molar-refractivity contribution < 1.29 is 5.48 Å². The lowest BCUT2D eigenvalue weighted by Gasteiger charge is -1.77. The SMILES string of the molecule is Cn1cccn1.O. The highest BCUT2D eigenvalue weighted by Crippen LogP contribution is 1.73. The monoisotopic (exact) mass is 100 g/mol. The van der Waals surface area contributed by atoms with E-state index in [0.717, 1.165) is 0 Å². The third kappa shape index (κ3) is 1.36. The molecule has 3 heteroatoms. The molecule has 0 spiro atoms. The zero-order valence-corrected chi connectivity index (χ0v) is 4.13. The van der Waals surface area contributed by atoms with Crippen LogP contribution < -0.4 is 0 Å². The normalized spacial score (nSPS) is 7.57. The van der Waals surface area contributed by atoms with Crippen LogP contribution in [0, 0.1) is 0 Å². The van der Waals surface area contributed by atoms with Crippen LogP contribution in [0.1, 0.15) is 0 Å². The molecule has 2 N–H and O–H groups in total. The molecule has 7 heavy (non-hydrogen) atoms. The number of rotatable bonds is 0. The van der Waals surface area contributed by atoms with E-state index in [1.165, 1.54) is 0 Å². The molecular weight excluding hydrogens is 92.1 g/mol. The van der Waals surface area contributed by atoms with Crippen molar-refractivity contribution in [1.82, 2.24) is 9.78 Å². The number of hydrogen-bond acceptors (Lipinski definition) is 1. The maximum atomic E-state index is 3.83. The zero-order valence-electron chi connectivity index (χ0n) is 4.13. The summed E-state index contributed by atoms with van der Waals surface area (Å²) in [4.78, 5) is 0. The van der Waals surface area contributed by atoms with Crippen molar-refractivity contribution in [2.24, 2.45) is 7.05 Å².